The molecule has 0 spiro atoms. The van der Waals surface area contributed by atoms with Crippen LogP contribution in [-0.2, 0) is 6.54 Å². The molecule has 1 unspecified atom stereocenters. The van der Waals surface area contributed by atoms with E-state index in [1.807, 2.05) is 0 Å². The summed E-state index contributed by atoms with van der Waals surface area (Å²) in [5.41, 5.74) is 9.81. The molecule has 1 aromatic rings. The van der Waals surface area contributed by atoms with Crippen molar-refractivity contribution < 1.29 is 0 Å². The van der Waals surface area contributed by atoms with E-state index in [0.717, 1.165) is 0 Å². The summed E-state index contributed by atoms with van der Waals surface area (Å²) in [5.74, 6) is 0. The van der Waals surface area contributed by atoms with E-state index in [0.29, 0.717) is 12.6 Å². The normalized spacial score (nSPS) is 20.4. The van der Waals surface area contributed by atoms with E-state index in [9.17, 15) is 0 Å². The van der Waals surface area contributed by atoms with Crippen LogP contribution in [0.15, 0.2) is 18.2 Å². The fourth-order valence-corrected chi connectivity index (χ4v) is 2.69. The minimum atomic E-state index is 0.641. The van der Waals surface area contributed by atoms with Gasteiger partial charge in [0.05, 0.1) is 0 Å². The van der Waals surface area contributed by atoms with Crippen molar-refractivity contribution in [3.8, 4) is 0 Å². The average Bonchev–Trinajstić information content (AvgIpc) is 2.76. The Morgan fingerprint density at radius 1 is 1.44 bits per heavy atom. The molecule has 0 radical (unpaired) electrons. The summed E-state index contributed by atoms with van der Waals surface area (Å²) in [6.45, 7) is 6.26. The number of nitrogens with zero attached hydrogens (tertiary/aromatic N) is 1. The quantitative estimate of drug-likeness (QED) is 0.845. The van der Waals surface area contributed by atoms with E-state index in [1.54, 1.807) is 0 Å². The van der Waals surface area contributed by atoms with Gasteiger partial charge in [-0.05, 0) is 43.4 Å². The van der Waals surface area contributed by atoms with Crippen molar-refractivity contribution in [3.05, 3.63) is 29.3 Å². The summed E-state index contributed by atoms with van der Waals surface area (Å²) >= 11 is 0. The summed E-state index contributed by atoms with van der Waals surface area (Å²) < 4.78 is 0. The minimum Gasteiger partial charge on any atom is -0.368 e. The molecule has 0 saturated carbocycles. The molecule has 2 nitrogen and oxygen atoms in total. The van der Waals surface area contributed by atoms with Crippen molar-refractivity contribution in [3.63, 3.8) is 0 Å². The standard InChI is InChI=1S/C14H22N2/c1-3-13-5-4-8-16(13)14-9-11(2)6-7-12(14)10-15/h6-7,9,13H,3-5,8,10,15H2,1-2H3. The maximum atomic E-state index is 5.83. The van der Waals surface area contributed by atoms with Crippen molar-refractivity contribution in [1.29, 1.82) is 0 Å². The van der Waals surface area contributed by atoms with Gasteiger partial charge in [-0.25, -0.2) is 0 Å². The van der Waals surface area contributed by atoms with Gasteiger partial charge in [-0.1, -0.05) is 19.1 Å². The Kier molecular flexibility index (Phi) is 3.49. The molecule has 1 aliphatic rings. The average molecular weight is 218 g/mol. The van der Waals surface area contributed by atoms with E-state index in [1.165, 1.54) is 42.6 Å². The van der Waals surface area contributed by atoms with Gasteiger partial charge >= 0.3 is 0 Å². The SMILES string of the molecule is CCC1CCCN1c1cc(C)ccc1CN. The van der Waals surface area contributed by atoms with Gasteiger partial charge in [0.25, 0.3) is 0 Å². The number of anilines is 1. The molecule has 1 heterocycles. The summed E-state index contributed by atoms with van der Waals surface area (Å²) in [4.78, 5) is 2.55. The van der Waals surface area contributed by atoms with Gasteiger partial charge in [-0.2, -0.15) is 0 Å². The first-order valence-electron chi connectivity index (χ1n) is 6.32. The zero-order valence-electron chi connectivity index (χ0n) is 10.4. The third-order valence-corrected chi connectivity index (χ3v) is 3.62. The zero-order chi connectivity index (χ0) is 11.5. The number of nitrogens with two attached hydrogens (primary N) is 1. The Balaban J connectivity index is 2.34. The van der Waals surface area contributed by atoms with Crippen molar-refractivity contribution in [1.82, 2.24) is 0 Å². The number of rotatable bonds is 3. The van der Waals surface area contributed by atoms with Gasteiger partial charge in [0.1, 0.15) is 0 Å². The third kappa shape index (κ3) is 2.07. The number of benzene rings is 1. The minimum absolute atomic E-state index is 0.641. The lowest BCUT2D eigenvalue weighted by Crippen LogP contribution is -2.29. The van der Waals surface area contributed by atoms with Crippen LogP contribution in [0.3, 0.4) is 0 Å². The van der Waals surface area contributed by atoms with Crippen LogP contribution < -0.4 is 10.6 Å². The van der Waals surface area contributed by atoms with E-state index >= 15 is 0 Å². The van der Waals surface area contributed by atoms with Gasteiger partial charge in [0.15, 0.2) is 0 Å². The summed E-state index contributed by atoms with van der Waals surface area (Å²) in [6.07, 6.45) is 3.88. The van der Waals surface area contributed by atoms with E-state index in [4.69, 9.17) is 5.73 Å². The van der Waals surface area contributed by atoms with Crippen LogP contribution in [0.25, 0.3) is 0 Å². The Morgan fingerprint density at radius 2 is 2.25 bits per heavy atom. The Bertz CT molecular complexity index is 360. The van der Waals surface area contributed by atoms with Gasteiger partial charge in [-0.15, -0.1) is 0 Å². The van der Waals surface area contributed by atoms with Crippen LogP contribution >= 0.6 is 0 Å². The van der Waals surface area contributed by atoms with Crippen molar-refractivity contribution in [2.75, 3.05) is 11.4 Å². The molecular formula is C14H22N2. The maximum absolute atomic E-state index is 5.83. The molecule has 2 rings (SSSR count). The molecule has 16 heavy (non-hydrogen) atoms. The molecule has 1 saturated heterocycles. The van der Waals surface area contributed by atoms with Crippen LogP contribution in [0, 0.1) is 6.92 Å². The topological polar surface area (TPSA) is 29.3 Å². The number of hydrogen-bond donors (Lipinski definition) is 1. The molecule has 0 aromatic heterocycles. The predicted molar refractivity (Wildman–Crippen MR) is 69.7 cm³/mol. The largest absolute Gasteiger partial charge is 0.368 e. The highest BCUT2D eigenvalue weighted by Crippen LogP contribution is 2.30. The molecule has 0 aliphatic carbocycles. The van der Waals surface area contributed by atoms with Gasteiger partial charge in [0.2, 0.25) is 0 Å². The van der Waals surface area contributed by atoms with Crippen LogP contribution in [0.4, 0.5) is 5.69 Å². The molecule has 0 amide bonds. The molecule has 1 atom stereocenters. The second-order valence-electron chi connectivity index (χ2n) is 4.73. The summed E-state index contributed by atoms with van der Waals surface area (Å²) in [7, 11) is 0. The molecule has 2 heteroatoms. The van der Waals surface area contributed by atoms with Crippen molar-refractivity contribution >= 4 is 5.69 Å². The number of hydrogen-bond acceptors (Lipinski definition) is 2. The predicted octanol–water partition coefficient (Wildman–Crippen LogP) is 2.83. The maximum Gasteiger partial charge on any atom is 0.0416 e. The van der Waals surface area contributed by atoms with Gasteiger partial charge < -0.3 is 10.6 Å². The molecular weight excluding hydrogens is 196 g/mol. The van der Waals surface area contributed by atoms with E-state index < -0.39 is 0 Å². The number of aryl methyl sites for hydroxylation is 1. The first-order valence-corrected chi connectivity index (χ1v) is 6.32. The van der Waals surface area contributed by atoms with Crippen LogP contribution in [-0.4, -0.2) is 12.6 Å². The Labute approximate surface area is 98.4 Å². The van der Waals surface area contributed by atoms with Crippen molar-refractivity contribution in [2.45, 2.75) is 45.7 Å². The van der Waals surface area contributed by atoms with Gasteiger partial charge in [0, 0.05) is 24.8 Å². The molecule has 1 fully saturated rings. The monoisotopic (exact) mass is 218 g/mol. The highest BCUT2D eigenvalue weighted by molar-refractivity contribution is 5.56. The molecule has 1 aromatic carbocycles. The second-order valence-corrected chi connectivity index (χ2v) is 4.73. The lowest BCUT2D eigenvalue weighted by Gasteiger charge is -2.28. The molecule has 2 N–H and O–H groups in total. The van der Waals surface area contributed by atoms with Crippen LogP contribution in [0.1, 0.15) is 37.3 Å². The van der Waals surface area contributed by atoms with Crippen molar-refractivity contribution in [2.24, 2.45) is 5.73 Å². The first-order chi connectivity index (χ1) is 7.76. The van der Waals surface area contributed by atoms with Crippen LogP contribution in [0.5, 0.6) is 0 Å². The summed E-state index contributed by atoms with van der Waals surface area (Å²) in [6, 6.07) is 7.33. The van der Waals surface area contributed by atoms with Gasteiger partial charge in [-0.3, -0.25) is 0 Å². The highest BCUT2D eigenvalue weighted by Gasteiger charge is 2.24. The lowest BCUT2D eigenvalue weighted by molar-refractivity contribution is 0.643. The smallest absolute Gasteiger partial charge is 0.0416 e. The first kappa shape index (κ1) is 11.5. The second kappa shape index (κ2) is 4.88. The fraction of sp³-hybridized carbons (Fsp3) is 0.571. The molecule has 88 valence electrons. The Hall–Kier alpha value is -1.02. The van der Waals surface area contributed by atoms with E-state index in [-0.39, 0.29) is 0 Å². The van der Waals surface area contributed by atoms with E-state index in [2.05, 4.69) is 36.9 Å². The Morgan fingerprint density at radius 3 is 2.94 bits per heavy atom. The lowest BCUT2D eigenvalue weighted by atomic mass is 10.1. The summed E-state index contributed by atoms with van der Waals surface area (Å²) in [5, 5.41) is 0. The third-order valence-electron chi connectivity index (χ3n) is 3.62. The van der Waals surface area contributed by atoms with Crippen LogP contribution in [0.2, 0.25) is 0 Å². The highest BCUT2D eigenvalue weighted by atomic mass is 15.2. The molecule has 0 bridgehead atoms. The fourth-order valence-electron chi connectivity index (χ4n) is 2.69. The molecule has 1 aliphatic heterocycles. The zero-order valence-corrected chi connectivity index (χ0v) is 10.4.